The van der Waals surface area contributed by atoms with E-state index in [4.69, 9.17) is 42.4 Å². The van der Waals surface area contributed by atoms with Crippen molar-refractivity contribution in [1.82, 2.24) is 0 Å². The van der Waals surface area contributed by atoms with E-state index in [2.05, 4.69) is 22.9 Å². The lowest BCUT2D eigenvalue weighted by Gasteiger charge is -2.47. The Kier molecular flexibility index (Phi) is 13.9. The summed E-state index contributed by atoms with van der Waals surface area (Å²) in [7, 11) is -3.72. The largest absolute Gasteiger partial charge is 0.397 e. The van der Waals surface area contributed by atoms with Crippen LogP contribution in [0.25, 0.3) is 0 Å². The first-order valence-corrected chi connectivity index (χ1v) is 12.5. The molecule has 0 aromatic rings. The van der Waals surface area contributed by atoms with Gasteiger partial charge in [-0.2, -0.15) is 8.42 Å². The molecule has 2 fully saturated rings. The predicted octanol–water partition coefficient (Wildman–Crippen LogP) is -1.83. The summed E-state index contributed by atoms with van der Waals surface area (Å²) < 4.78 is 76.4. The van der Waals surface area contributed by atoms with Gasteiger partial charge in [-0.15, -0.1) is 8.67 Å². The fourth-order valence-electron chi connectivity index (χ4n) is 3.53. The van der Waals surface area contributed by atoms with Crippen LogP contribution in [-0.2, 0) is 60.6 Å². The van der Waals surface area contributed by atoms with E-state index in [1.54, 1.807) is 0 Å². The van der Waals surface area contributed by atoms with Crippen molar-refractivity contribution in [3.63, 3.8) is 0 Å². The van der Waals surface area contributed by atoms with Crippen molar-refractivity contribution in [2.75, 3.05) is 20.3 Å². The maximum atomic E-state index is 11.1. The van der Waals surface area contributed by atoms with Crippen LogP contribution < -0.4 is 0 Å². The van der Waals surface area contributed by atoms with Crippen molar-refractivity contribution in [3.8, 4) is 0 Å². The summed E-state index contributed by atoms with van der Waals surface area (Å²) in [5.74, 6) is 0. The first kappa shape index (κ1) is 32.2. The maximum Gasteiger partial charge on any atom is 0.397 e. The SMILES string of the molecule is COC1[C@H](O)C(CO)O[C@@H](O[C@@H]2C(COS(=O)(=O)O)O[C@@H](C)[C@@H](OSOOO)C2O)[C@H]1OSOOO. The first-order valence-electron chi connectivity index (χ1n) is 9.76. The Morgan fingerprint density at radius 3 is 2.03 bits per heavy atom. The van der Waals surface area contributed by atoms with Gasteiger partial charge in [0.05, 0.1) is 19.3 Å². The monoisotopic (exact) mass is 594 g/mol. The molecule has 0 aromatic heterocycles. The number of aliphatic hydroxyl groups excluding tert-OH is 3. The number of hydrogen-bond acceptors (Lipinski definition) is 20. The van der Waals surface area contributed by atoms with Crippen molar-refractivity contribution >= 4 is 35.0 Å². The lowest BCUT2D eigenvalue weighted by molar-refractivity contribution is -0.435. The van der Waals surface area contributed by atoms with Crippen LogP contribution in [0, 0.1) is 0 Å². The summed E-state index contributed by atoms with van der Waals surface area (Å²) in [5.41, 5.74) is 0. The van der Waals surface area contributed by atoms with Gasteiger partial charge in [-0.25, -0.2) is 14.7 Å². The standard InChI is InChI=1S/C14H26O19S3/c1-5-10(28-34-32-30-18)9(17)11(7(25-5)4-24-36(20,21)22)27-14-13(29-35-33-31-19)12(23-2)8(16)6(3-15)26-14/h5-19H,3-4H2,1-2H3,(H,20,21,22)/t5-,6?,7?,8+,9?,10+,11+,12?,13-,14-/m0/s1. The topological polar surface area (TPSA) is 257 Å². The molecule has 0 bridgehead atoms. The number of ether oxygens (including phenoxy) is 4. The zero-order chi connectivity index (χ0) is 26.9. The van der Waals surface area contributed by atoms with Crippen molar-refractivity contribution < 1.29 is 89.0 Å². The Labute approximate surface area is 212 Å². The number of methoxy groups -OCH3 is 1. The molecule has 19 nitrogen and oxygen atoms in total. The van der Waals surface area contributed by atoms with E-state index in [0.717, 1.165) is 0 Å². The van der Waals surface area contributed by atoms with E-state index in [1.807, 2.05) is 0 Å². The van der Waals surface area contributed by atoms with Crippen LogP contribution in [0.4, 0.5) is 0 Å². The average molecular weight is 595 g/mol. The normalized spacial score (nSPS) is 37.8. The van der Waals surface area contributed by atoms with Gasteiger partial charge in [-0.3, -0.25) is 12.9 Å². The van der Waals surface area contributed by atoms with Gasteiger partial charge in [0.1, 0.15) is 42.7 Å². The third-order valence-corrected chi connectivity index (χ3v) is 6.32. The van der Waals surface area contributed by atoms with Gasteiger partial charge >= 0.3 is 10.4 Å². The number of rotatable bonds is 15. The fourth-order valence-corrected chi connectivity index (χ4v) is 4.61. The molecule has 4 unspecified atom stereocenters. The molecule has 36 heavy (non-hydrogen) atoms. The molecule has 10 atom stereocenters. The molecule has 0 amide bonds. The molecule has 2 heterocycles. The summed E-state index contributed by atoms with van der Waals surface area (Å²) >= 11 is 0.209. The minimum Gasteiger partial charge on any atom is -0.394 e. The molecule has 2 aliphatic heterocycles. The third kappa shape index (κ3) is 9.02. The summed E-state index contributed by atoms with van der Waals surface area (Å²) in [6, 6.07) is 0. The lowest BCUT2D eigenvalue weighted by atomic mass is 9.95. The van der Waals surface area contributed by atoms with E-state index < -0.39 is 84.8 Å². The van der Waals surface area contributed by atoms with Crippen LogP contribution in [0.5, 0.6) is 0 Å². The number of aliphatic hydroxyl groups is 3. The van der Waals surface area contributed by atoms with Crippen LogP contribution in [0.2, 0.25) is 0 Å². The maximum absolute atomic E-state index is 11.1. The molecular formula is C14H26O19S3. The van der Waals surface area contributed by atoms with E-state index >= 15 is 0 Å². The highest BCUT2D eigenvalue weighted by atomic mass is 32.3. The average Bonchev–Trinajstić information content (AvgIpc) is 2.82. The van der Waals surface area contributed by atoms with Crippen LogP contribution in [0.15, 0.2) is 0 Å². The van der Waals surface area contributed by atoms with E-state index in [9.17, 15) is 23.7 Å². The first-order chi connectivity index (χ1) is 17.1. The molecular weight excluding hydrogens is 568 g/mol. The summed E-state index contributed by atoms with van der Waals surface area (Å²) in [4.78, 5) is 0. The zero-order valence-corrected chi connectivity index (χ0v) is 20.9. The highest BCUT2D eigenvalue weighted by Gasteiger charge is 2.52. The molecule has 22 heteroatoms. The summed E-state index contributed by atoms with van der Waals surface area (Å²) in [6.45, 7) is -0.112. The molecule has 0 saturated carbocycles. The molecule has 6 N–H and O–H groups in total. The Balaban J connectivity index is 2.31. The van der Waals surface area contributed by atoms with Crippen molar-refractivity contribution in [2.45, 2.75) is 68.1 Å². The molecule has 0 aromatic carbocycles. The highest BCUT2D eigenvalue weighted by molar-refractivity contribution is 7.89. The molecule has 2 saturated heterocycles. The highest BCUT2D eigenvalue weighted by Crippen LogP contribution is 2.34. The Hall–Kier alpha value is -0.0300. The Morgan fingerprint density at radius 1 is 0.889 bits per heavy atom. The van der Waals surface area contributed by atoms with E-state index in [1.165, 1.54) is 14.0 Å². The smallest absolute Gasteiger partial charge is 0.394 e. The van der Waals surface area contributed by atoms with Gasteiger partial charge in [-0.1, -0.05) is 10.1 Å². The molecule has 0 spiro atoms. The van der Waals surface area contributed by atoms with Gasteiger partial charge in [-0.05, 0) is 6.92 Å². The second-order valence-corrected chi connectivity index (χ2v) is 9.16. The van der Waals surface area contributed by atoms with Crippen LogP contribution >= 0.6 is 24.6 Å². The summed E-state index contributed by atoms with van der Waals surface area (Å²) in [5, 5.41) is 54.4. The van der Waals surface area contributed by atoms with Crippen LogP contribution in [0.1, 0.15) is 6.92 Å². The Morgan fingerprint density at radius 2 is 1.50 bits per heavy atom. The van der Waals surface area contributed by atoms with Crippen molar-refractivity contribution in [2.24, 2.45) is 0 Å². The predicted molar refractivity (Wildman–Crippen MR) is 110 cm³/mol. The molecule has 0 radical (unpaired) electrons. The minimum absolute atomic E-state index is 0.0865. The van der Waals surface area contributed by atoms with Crippen LogP contribution in [0.3, 0.4) is 0 Å². The van der Waals surface area contributed by atoms with Gasteiger partial charge in [0.25, 0.3) is 0 Å². The van der Waals surface area contributed by atoms with Crippen LogP contribution in [-0.4, -0.2) is 120 Å². The molecule has 0 aliphatic carbocycles. The Bertz CT molecular complexity index is 730. The minimum atomic E-state index is -4.92. The second kappa shape index (κ2) is 15.5. The summed E-state index contributed by atoms with van der Waals surface area (Å²) in [6.07, 6.45) is -13.7. The second-order valence-electron chi connectivity index (χ2n) is 7.14. The molecule has 214 valence electrons. The fraction of sp³-hybridized carbons (Fsp3) is 1.00. The van der Waals surface area contributed by atoms with Gasteiger partial charge in [0.15, 0.2) is 37.0 Å². The van der Waals surface area contributed by atoms with Crippen molar-refractivity contribution in [3.05, 3.63) is 0 Å². The third-order valence-electron chi connectivity index (χ3n) is 5.05. The lowest BCUT2D eigenvalue weighted by Crippen LogP contribution is -2.64. The number of hydrogen-bond donors (Lipinski definition) is 6. The van der Waals surface area contributed by atoms with Crippen molar-refractivity contribution in [1.29, 1.82) is 0 Å². The van der Waals surface area contributed by atoms with Gasteiger partial charge in [0.2, 0.25) is 0 Å². The van der Waals surface area contributed by atoms with E-state index in [-0.39, 0.29) is 24.6 Å². The molecule has 2 aliphatic rings. The quantitative estimate of drug-likeness (QED) is 0.0400. The van der Waals surface area contributed by atoms with E-state index in [0.29, 0.717) is 0 Å². The zero-order valence-electron chi connectivity index (χ0n) is 18.4. The van der Waals surface area contributed by atoms with Gasteiger partial charge in [0, 0.05) is 7.11 Å². The molecule has 2 rings (SSSR count). The van der Waals surface area contributed by atoms with Gasteiger partial charge < -0.3 is 34.3 Å².